The molecule has 11 heavy (non-hydrogen) atoms. The summed E-state index contributed by atoms with van der Waals surface area (Å²) in [5.74, 6) is 0.464. The third kappa shape index (κ3) is 1.55. The summed E-state index contributed by atoms with van der Waals surface area (Å²) >= 11 is 6.99. The quantitative estimate of drug-likeness (QED) is 0.774. The van der Waals surface area contributed by atoms with Crippen LogP contribution in [0.4, 0.5) is 0 Å². The normalized spacial score (nSPS) is 20.2. The summed E-state index contributed by atoms with van der Waals surface area (Å²) in [4.78, 5) is 4.77. The van der Waals surface area contributed by atoms with Crippen LogP contribution in [0.25, 0.3) is 0 Å². The van der Waals surface area contributed by atoms with E-state index in [2.05, 4.69) is 4.98 Å². The van der Waals surface area contributed by atoms with Gasteiger partial charge in [0.1, 0.15) is 0 Å². The van der Waals surface area contributed by atoms with Gasteiger partial charge >= 0.3 is 0 Å². The number of halogens is 1. The average molecular weight is 190 g/mol. The lowest BCUT2D eigenvalue weighted by Gasteiger charge is -2.02. The van der Waals surface area contributed by atoms with Gasteiger partial charge in [-0.15, -0.1) is 11.3 Å². The summed E-state index contributed by atoms with van der Waals surface area (Å²) in [5, 5.41) is 9.59. The molecule has 0 radical (unpaired) electrons. The Kier molecular flexibility index (Phi) is 1.87. The first-order valence-electron chi connectivity index (χ1n) is 3.56. The van der Waals surface area contributed by atoms with Crippen LogP contribution in [0, 0.1) is 5.92 Å². The second-order valence-electron chi connectivity index (χ2n) is 2.80. The summed E-state index contributed by atoms with van der Waals surface area (Å²) in [5.41, 5.74) is 0. The van der Waals surface area contributed by atoms with Crippen molar-refractivity contribution in [2.45, 2.75) is 18.9 Å². The van der Waals surface area contributed by atoms with Gasteiger partial charge in [-0.2, -0.15) is 0 Å². The zero-order valence-corrected chi connectivity index (χ0v) is 7.40. The van der Waals surface area contributed by atoms with Gasteiger partial charge in [0.15, 0.2) is 4.47 Å². The first-order valence-corrected chi connectivity index (χ1v) is 4.76. The van der Waals surface area contributed by atoms with Crippen LogP contribution in [0.3, 0.4) is 0 Å². The number of hydrogen-bond donors (Lipinski definition) is 1. The number of aromatic nitrogens is 1. The van der Waals surface area contributed by atoms with E-state index in [0.717, 1.165) is 17.7 Å². The minimum atomic E-state index is -0.319. The first-order chi connectivity index (χ1) is 5.27. The van der Waals surface area contributed by atoms with Crippen LogP contribution in [-0.4, -0.2) is 10.1 Å². The molecule has 1 fully saturated rings. The van der Waals surface area contributed by atoms with Gasteiger partial charge < -0.3 is 5.11 Å². The molecule has 0 aromatic carbocycles. The topological polar surface area (TPSA) is 33.1 Å². The molecule has 0 aliphatic heterocycles. The zero-order valence-electron chi connectivity index (χ0n) is 5.83. The highest BCUT2D eigenvalue weighted by Crippen LogP contribution is 2.42. The van der Waals surface area contributed by atoms with Gasteiger partial charge in [-0.25, -0.2) is 4.98 Å². The number of hydrogen-bond acceptors (Lipinski definition) is 3. The molecule has 1 heterocycles. The van der Waals surface area contributed by atoms with Crippen LogP contribution in [0.5, 0.6) is 0 Å². The highest BCUT2D eigenvalue weighted by molar-refractivity contribution is 7.15. The highest BCUT2D eigenvalue weighted by Gasteiger charge is 2.31. The van der Waals surface area contributed by atoms with Gasteiger partial charge in [0.25, 0.3) is 0 Å². The van der Waals surface area contributed by atoms with Gasteiger partial charge in [0.05, 0.1) is 11.0 Å². The maximum atomic E-state index is 9.59. The number of rotatable bonds is 2. The van der Waals surface area contributed by atoms with Crippen LogP contribution in [-0.2, 0) is 0 Å². The van der Waals surface area contributed by atoms with E-state index in [-0.39, 0.29) is 6.10 Å². The van der Waals surface area contributed by atoms with Gasteiger partial charge in [0.2, 0.25) is 0 Å². The predicted octanol–water partition coefficient (Wildman–Crippen LogP) is 2.24. The van der Waals surface area contributed by atoms with Crippen molar-refractivity contribution < 1.29 is 5.11 Å². The number of aliphatic hydroxyl groups is 1. The molecule has 1 N–H and O–H groups in total. The fourth-order valence-electron chi connectivity index (χ4n) is 1.05. The van der Waals surface area contributed by atoms with Gasteiger partial charge in [-0.3, -0.25) is 0 Å². The van der Waals surface area contributed by atoms with Crippen molar-refractivity contribution in [3.8, 4) is 0 Å². The van der Waals surface area contributed by atoms with Gasteiger partial charge in [0, 0.05) is 6.20 Å². The number of nitrogens with zero attached hydrogens (tertiary/aromatic N) is 1. The van der Waals surface area contributed by atoms with Crippen LogP contribution in [0.2, 0.25) is 4.47 Å². The monoisotopic (exact) mass is 189 g/mol. The Morgan fingerprint density at radius 3 is 2.91 bits per heavy atom. The standard InChI is InChI=1S/C7H8ClNOS/c8-7-9-3-5(11-7)6(10)4-1-2-4/h3-4,6,10H,1-2H2. The van der Waals surface area contributed by atoms with Crippen molar-refractivity contribution in [1.29, 1.82) is 0 Å². The van der Waals surface area contributed by atoms with Crippen LogP contribution in [0.1, 0.15) is 23.8 Å². The lowest BCUT2D eigenvalue weighted by atomic mass is 10.2. The molecule has 1 atom stereocenters. The van der Waals surface area contributed by atoms with Crippen molar-refractivity contribution in [1.82, 2.24) is 4.98 Å². The fourth-order valence-corrected chi connectivity index (χ4v) is 2.08. The maximum Gasteiger partial charge on any atom is 0.183 e. The molecular formula is C7H8ClNOS. The first kappa shape index (κ1) is 7.53. The van der Waals surface area contributed by atoms with Gasteiger partial charge in [-0.1, -0.05) is 11.6 Å². The predicted molar refractivity (Wildman–Crippen MR) is 44.8 cm³/mol. The molecule has 1 unspecified atom stereocenters. The minimum absolute atomic E-state index is 0.319. The molecule has 0 spiro atoms. The molecular weight excluding hydrogens is 182 g/mol. The van der Waals surface area contributed by atoms with Crippen LogP contribution < -0.4 is 0 Å². The van der Waals surface area contributed by atoms with E-state index in [0.29, 0.717) is 10.4 Å². The minimum Gasteiger partial charge on any atom is -0.387 e. The van der Waals surface area contributed by atoms with E-state index < -0.39 is 0 Å². The molecule has 1 aromatic rings. The van der Waals surface area contributed by atoms with E-state index in [1.165, 1.54) is 11.3 Å². The van der Waals surface area contributed by atoms with E-state index in [1.54, 1.807) is 6.20 Å². The molecule has 4 heteroatoms. The van der Waals surface area contributed by atoms with Crippen molar-refractivity contribution >= 4 is 22.9 Å². The Hall–Kier alpha value is -0.120. The van der Waals surface area contributed by atoms with Crippen LogP contribution >= 0.6 is 22.9 Å². The largest absolute Gasteiger partial charge is 0.387 e. The SMILES string of the molecule is OC(c1cnc(Cl)s1)C1CC1. The molecule has 2 rings (SSSR count). The molecule has 1 aromatic heterocycles. The molecule has 60 valence electrons. The smallest absolute Gasteiger partial charge is 0.183 e. The van der Waals surface area contributed by atoms with Crippen molar-refractivity contribution in [3.63, 3.8) is 0 Å². The lowest BCUT2D eigenvalue weighted by molar-refractivity contribution is 0.157. The van der Waals surface area contributed by atoms with E-state index >= 15 is 0 Å². The third-order valence-electron chi connectivity index (χ3n) is 1.86. The maximum absolute atomic E-state index is 9.59. The fraction of sp³-hybridized carbons (Fsp3) is 0.571. The summed E-state index contributed by atoms with van der Waals surface area (Å²) in [6.45, 7) is 0. The Balaban J connectivity index is 2.14. The number of thiazole rings is 1. The summed E-state index contributed by atoms with van der Waals surface area (Å²) in [6.07, 6.45) is 3.61. The highest BCUT2D eigenvalue weighted by atomic mass is 35.5. The number of aliphatic hydroxyl groups excluding tert-OH is 1. The summed E-state index contributed by atoms with van der Waals surface area (Å²) in [7, 11) is 0. The lowest BCUT2D eigenvalue weighted by Crippen LogP contribution is -1.95. The van der Waals surface area contributed by atoms with E-state index in [4.69, 9.17) is 11.6 Å². The Bertz CT molecular complexity index is 259. The third-order valence-corrected chi connectivity index (χ3v) is 3.04. The molecule has 2 nitrogen and oxygen atoms in total. The van der Waals surface area contributed by atoms with Crippen molar-refractivity contribution in [3.05, 3.63) is 15.5 Å². The van der Waals surface area contributed by atoms with Crippen LogP contribution in [0.15, 0.2) is 6.20 Å². The Morgan fingerprint density at radius 1 is 1.73 bits per heavy atom. The molecule has 0 saturated heterocycles. The molecule has 0 amide bonds. The second-order valence-corrected chi connectivity index (χ2v) is 4.44. The van der Waals surface area contributed by atoms with E-state index in [9.17, 15) is 5.11 Å². The molecule has 0 bridgehead atoms. The zero-order chi connectivity index (χ0) is 7.84. The summed E-state index contributed by atoms with van der Waals surface area (Å²) < 4.78 is 0.514. The molecule has 1 saturated carbocycles. The Labute approximate surface area is 73.8 Å². The summed E-state index contributed by atoms with van der Waals surface area (Å²) in [6, 6.07) is 0. The molecule has 1 aliphatic carbocycles. The Morgan fingerprint density at radius 2 is 2.45 bits per heavy atom. The average Bonchev–Trinajstić information content (AvgIpc) is 2.74. The second kappa shape index (κ2) is 2.73. The van der Waals surface area contributed by atoms with E-state index in [1.807, 2.05) is 0 Å². The van der Waals surface area contributed by atoms with Crippen molar-refractivity contribution in [2.24, 2.45) is 5.92 Å². The van der Waals surface area contributed by atoms with Gasteiger partial charge in [-0.05, 0) is 18.8 Å². The van der Waals surface area contributed by atoms with Crippen molar-refractivity contribution in [2.75, 3.05) is 0 Å². The molecule has 1 aliphatic rings.